The van der Waals surface area contributed by atoms with Crippen molar-refractivity contribution in [1.29, 1.82) is 0 Å². The maximum atomic E-state index is 14.6. The number of H-pyrrole nitrogens is 1. The summed E-state index contributed by atoms with van der Waals surface area (Å²) in [7, 11) is 0. The van der Waals surface area contributed by atoms with Crippen molar-refractivity contribution >= 4 is 39.5 Å². The van der Waals surface area contributed by atoms with Crippen LogP contribution in [0.3, 0.4) is 0 Å². The van der Waals surface area contributed by atoms with Gasteiger partial charge in [0.2, 0.25) is 0 Å². The molecule has 0 aliphatic carbocycles. The Hall–Kier alpha value is -3.04. The van der Waals surface area contributed by atoms with E-state index >= 15 is 0 Å². The number of fused-ring (bicyclic) bond motifs is 1. The van der Waals surface area contributed by atoms with Gasteiger partial charge >= 0.3 is 0 Å². The minimum atomic E-state index is -0.374. The molecule has 0 unspecified atom stereocenters. The Morgan fingerprint density at radius 2 is 2.07 bits per heavy atom. The van der Waals surface area contributed by atoms with Crippen LogP contribution < -0.4 is 10.1 Å². The molecule has 2 N–H and O–H groups in total. The van der Waals surface area contributed by atoms with E-state index in [2.05, 4.69) is 15.5 Å². The van der Waals surface area contributed by atoms with Gasteiger partial charge in [0.25, 0.3) is 5.91 Å². The molecule has 2 aromatic carbocycles. The van der Waals surface area contributed by atoms with E-state index in [1.807, 2.05) is 37.3 Å². The molecule has 4 aromatic rings. The van der Waals surface area contributed by atoms with Crippen LogP contribution in [0, 0.1) is 10.6 Å². The Labute approximate surface area is 181 Å². The molecular weight excluding hydrogens is 423 g/mol. The van der Waals surface area contributed by atoms with Crippen LogP contribution in [0.2, 0.25) is 0 Å². The molecule has 0 bridgehead atoms. The topological polar surface area (TPSA) is 71.9 Å². The molecular formula is C21H19FN4O2S2. The third-order valence-electron chi connectivity index (χ3n) is 4.66. The number of rotatable bonds is 7. The van der Waals surface area contributed by atoms with Crippen molar-refractivity contribution in [2.45, 2.75) is 26.6 Å². The SMILES string of the molecule is CCn1c(CNC(=O)c2sc3cccc(F)c3c2COc2ccccc2)n[nH]c1=S. The summed E-state index contributed by atoms with van der Waals surface area (Å²) in [6, 6.07) is 14.1. The van der Waals surface area contributed by atoms with Crippen LogP contribution >= 0.6 is 23.6 Å². The fourth-order valence-corrected chi connectivity index (χ4v) is 4.63. The molecule has 0 saturated heterocycles. The van der Waals surface area contributed by atoms with Gasteiger partial charge in [-0.1, -0.05) is 24.3 Å². The van der Waals surface area contributed by atoms with Crippen molar-refractivity contribution in [1.82, 2.24) is 20.1 Å². The third kappa shape index (κ3) is 3.99. The number of carbonyl (C=O) groups excluding carboxylic acids is 1. The van der Waals surface area contributed by atoms with Gasteiger partial charge in [0.15, 0.2) is 10.6 Å². The Morgan fingerprint density at radius 1 is 1.27 bits per heavy atom. The van der Waals surface area contributed by atoms with Crippen molar-refractivity contribution in [3.05, 3.63) is 75.4 Å². The smallest absolute Gasteiger partial charge is 0.262 e. The number of aromatic amines is 1. The summed E-state index contributed by atoms with van der Waals surface area (Å²) < 4.78 is 23.4. The zero-order valence-corrected chi connectivity index (χ0v) is 17.8. The van der Waals surface area contributed by atoms with Crippen LogP contribution in [0.1, 0.15) is 28.0 Å². The Bertz CT molecular complexity index is 1250. The number of nitrogens with zero attached hydrogens (tertiary/aromatic N) is 2. The fraction of sp³-hybridized carbons (Fsp3) is 0.190. The van der Waals surface area contributed by atoms with Gasteiger partial charge in [0.05, 0.1) is 11.4 Å². The lowest BCUT2D eigenvalue weighted by molar-refractivity contribution is 0.0951. The number of nitrogens with one attached hydrogen (secondary N) is 2. The van der Waals surface area contributed by atoms with E-state index in [4.69, 9.17) is 17.0 Å². The van der Waals surface area contributed by atoms with E-state index in [1.54, 1.807) is 16.7 Å². The number of para-hydroxylation sites is 1. The summed E-state index contributed by atoms with van der Waals surface area (Å²) in [6.07, 6.45) is 0. The van der Waals surface area contributed by atoms with Crippen molar-refractivity contribution in [3.8, 4) is 5.75 Å². The normalized spacial score (nSPS) is 11.0. The average Bonchev–Trinajstić information content (AvgIpc) is 3.32. The molecule has 0 aliphatic heterocycles. The summed E-state index contributed by atoms with van der Waals surface area (Å²) in [5.41, 5.74) is 0.531. The van der Waals surface area contributed by atoms with Crippen molar-refractivity contribution < 1.29 is 13.9 Å². The van der Waals surface area contributed by atoms with Crippen molar-refractivity contribution in [2.24, 2.45) is 0 Å². The van der Waals surface area contributed by atoms with Gasteiger partial charge in [-0.05, 0) is 43.4 Å². The van der Waals surface area contributed by atoms with E-state index in [1.165, 1.54) is 17.4 Å². The Morgan fingerprint density at radius 3 is 2.83 bits per heavy atom. The second-order valence-corrected chi connectivity index (χ2v) is 7.94. The molecule has 30 heavy (non-hydrogen) atoms. The largest absolute Gasteiger partial charge is 0.489 e. The highest BCUT2D eigenvalue weighted by Crippen LogP contribution is 2.34. The zero-order chi connectivity index (χ0) is 21.1. The van der Waals surface area contributed by atoms with Crippen molar-refractivity contribution in [2.75, 3.05) is 0 Å². The number of aromatic nitrogens is 3. The molecule has 1 amide bonds. The lowest BCUT2D eigenvalue weighted by atomic mass is 10.1. The van der Waals surface area contributed by atoms with E-state index in [9.17, 15) is 9.18 Å². The predicted octanol–water partition coefficient (Wildman–Crippen LogP) is 4.82. The first-order chi connectivity index (χ1) is 14.6. The van der Waals surface area contributed by atoms with Crippen LogP contribution in [0.15, 0.2) is 48.5 Å². The molecule has 0 atom stereocenters. The number of amides is 1. The van der Waals surface area contributed by atoms with Crippen LogP contribution in [0.4, 0.5) is 4.39 Å². The molecule has 0 radical (unpaired) electrons. The molecule has 2 heterocycles. The highest BCUT2D eigenvalue weighted by Gasteiger charge is 2.21. The van der Waals surface area contributed by atoms with E-state index in [0.29, 0.717) is 43.4 Å². The van der Waals surface area contributed by atoms with Gasteiger partial charge in [0, 0.05) is 22.2 Å². The van der Waals surface area contributed by atoms with Gasteiger partial charge in [-0.15, -0.1) is 11.3 Å². The first-order valence-corrected chi connectivity index (χ1v) is 10.6. The number of halogens is 1. The summed E-state index contributed by atoms with van der Waals surface area (Å²) in [5.74, 6) is 0.600. The van der Waals surface area contributed by atoms with E-state index in [-0.39, 0.29) is 24.9 Å². The fourth-order valence-electron chi connectivity index (χ4n) is 3.21. The monoisotopic (exact) mass is 442 g/mol. The first-order valence-electron chi connectivity index (χ1n) is 9.38. The van der Waals surface area contributed by atoms with Gasteiger partial charge < -0.3 is 14.6 Å². The summed E-state index contributed by atoms with van der Waals surface area (Å²) in [5, 5.41) is 10.2. The molecule has 4 rings (SSSR count). The molecule has 0 fully saturated rings. The van der Waals surface area contributed by atoms with Gasteiger partial charge in [0.1, 0.15) is 18.2 Å². The third-order valence-corrected chi connectivity index (χ3v) is 6.16. The average molecular weight is 443 g/mol. The van der Waals surface area contributed by atoms with E-state index < -0.39 is 0 Å². The molecule has 154 valence electrons. The Balaban J connectivity index is 1.62. The van der Waals surface area contributed by atoms with Gasteiger partial charge in [-0.2, -0.15) is 5.10 Å². The number of hydrogen-bond acceptors (Lipinski definition) is 5. The highest BCUT2D eigenvalue weighted by atomic mass is 32.1. The standard InChI is InChI=1S/C21H19FN4O2S2/c1-2-26-17(24-25-21(26)29)11-23-20(27)19-14(12-28-13-7-4-3-5-8-13)18-15(22)9-6-10-16(18)30-19/h3-10H,2,11-12H2,1H3,(H,23,27)(H,25,29). The summed E-state index contributed by atoms with van der Waals surface area (Å²) >= 11 is 6.43. The molecule has 0 saturated carbocycles. The highest BCUT2D eigenvalue weighted by molar-refractivity contribution is 7.71. The summed E-state index contributed by atoms with van der Waals surface area (Å²) in [4.78, 5) is 13.4. The molecule has 9 heteroatoms. The lowest BCUT2D eigenvalue weighted by Crippen LogP contribution is -2.25. The number of hydrogen-bond donors (Lipinski definition) is 2. The minimum absolute atomic E-state index is 0.0847. The van der Waals surface area contributed by atoms with E-state index in [0.717, 1.165) is 0 Å². The zero-order valence-electron chi connectivity index (χ0n) is 16.1. The number of thiophene rings is 1. The van der Waals surface area contributed by atoms with Crippen LogP contribution in [0.5, 0.6) is 5.75 Å². The maximum absolute atomic E-state index is 14.6. The second-order valence-electron chi connectivity index (χ2n) is 6.50. The van der Waals surface area contributed by atoms with Crippen LogP contribution in [0.25, 0.3) is 10.1 Å². The quantitative estimate of drug-likeness (QED) is 0.403. The predicted molar refractivity (Wildman–Crippen MR) is 117 cm³/mol. The number of benzene rings is 2. The molecule has 2 aromatic heterocycles. The lowest BCUT2D eigenvalue weighted by Gasteiger charge is -2.09. The van der Waals surface area contributed by atoms with Crippen LogP contribution in [-0.2, 0) is 19.7 Å². The molecule has 0 aliphatic rings. The number of ether oxygens (including phenoxy) is 1. The maximum Gasteiger partial charge on any atom is 0.262 e. The Kier molecular flexibility index (Phi) is 5.91. The second kappa shape index (κ2) is 8.76. The molecule has 6 nitrogen and oxygen atoms in total. The summed E-state index contributed by atoms with van der Waals surface area (Å²) in [6.45, 7) is 2.88. The minimum Gasteiger partial charge on any atom is -0.489 e. The van der Waals surface area contributed by atoms with Crippen molar-refractivity contribution in [3.63, 3.8) is 0 Å². The first kappa shape index (κ1) is 20.2. The van der Waals surface area contributed by atoms with Gasteiger partial charge in [-0.3, -0.25) is 9.89 Å². The molecule has 0 spiro atoms. The number of carbonyl (C=O) groups is 1. The van der Waals surface area contributed by atoms with Crippen LogP contribution in [-0.4, -0.2) is 20.7 Å². The van der Waals surface area contributed by atoms with Gasteiger partial charge in [-0.25, -0.2) is 4.39 Å².